The summed E-state index contributed by atoms with van der Waals surface area (Å²) in [7, 11) is -1.75. The van der Waals surface area contributed by atoms with E-state index in [-0.39, 0.29) is 17.4 Å². The van der Waals surface area contributed by atoms with Crippen molar-refractivity contribution in [3.63, 3.8) is 0 Å². The zero-order valence-corrected chi connectivity index (χ0v) is 18.7. The third kappa shape index (κ3) is 4.49. The minimum Gasteiger partial charge on any atom is -0.496 e. The standard InChI is InChI=1S/C21H19FN4O3S2/c1-13-10-14(22)8-9-17(13)26-20(24-19(25-26)12-31(3,27)28)16-11-30-21(23-16)15-6-4-5-7-18(15)29-2/h4-11H,12H2,1-3H3. The van der Waals surface area contributed by atoms with Gasteiger partial charge in [-0.2, -0.15) is 0 Å². The molecule has 4 rings (SSSR count). The van der Waals surface area contributed by atoms with Crippen LogP contribution in [0.15, 0.2) is 47.8 Å². The highest BCUT2D eigenvalue weighted by molar-refractivity contribution is 7.89. The molecule has 0 N–H and O–H groups in total. The van der Waals surface area contributed by atoms with Gasteiger partial charge in [0.15, 0.2) is 21.5 Å². The molecule has 4 aromatic rings. The Hall–Kier alpha value is -3.11. The van der Waals surface area contributed by atoms with E-state index in [0.717, 1.165) is 16.8 Å². The van der Waals surface area contributed by atoms with Gasteiger partial charge in [0.05, 0.1) is 18.4 Å². The topological polar surface area (TPSA) is 87.0 Å². The van der Waals surface area contributed by atoms with E-state index in [4.69, 9.17) is 9.72 Å². The number of ether oxygens (including phenoxy) is 1. The van der Waals surface area contributed by atoms with Crippen molar-refractivity contribution >= 4 is 21.2 Å². The van der Waals surface area contributed by atoms with Crippen LogP contribution in [0.1, 0.15) is 11.4 Å². The second-order valence-electron chi connectivity index (χ2n) is 7.00. The molecular formula is C21H19FN4O3S2. The molecule has 0 unspecified atom stereocenters. The van der Waals surface area contributed by atoms with Crippen molar-refractivity contribution in [2.24, 2.45) is 0 Å². The summed E-state index contributed by atoms with van der Waals surface area (Å²) >= 11 is 1.41. The predicted molar refractivity (Wildman–Crippen MR) is 118 cm³/mol. The average Bonchev–Trinajstić information content (AvgIpc) is 3.34. The van der Waals surface area contributed by atoms with Gasteiger partial charge in [-0.1, -0.05) is 12.1 Å². The Morgan fingerprint density at radius 3 is 2.65 bits per heavy atom. The van der Waals surface area contributed by atoms with Crippen molar-refractivity contribution in [1.29, 1.82) is 0 Å². The molecule has 7 nitrogen and oxygen atoms in total. The summed E-state index contributed by atoms with van der Waals surface area (Å²) in [6, 6.07) is 11.8. The Bertz CT molecular complexity index is 1360. The van der Waals surface area contributed by atoms with Crippen LogP contribution < -0.4 is 4.74 Å². The van der Waals surface area contributed by atoms with Gasteiger partial charge >= 0.3 is 0 Å². The lowest BCUT2D eigenvalue weighted by atomic mass is 10.2. The van der Waals surface area contributed by atoms with Crippen molar-refractivity contribution in [2.75, 3.05) is 13.4 Å². The average molecular weight is 459 g/mol. The molecule has 0 amide bonds. The largest absolute Gasteiger partial charge is 0.496 e. The number of aromatic nitrogens is 4. The molecule has 0 bridgehead atoms. The van der Waals surface area contributed by atoms with Crippen molar-refractivity contribution in [2.45, 2.75) is 12.7 Å². The third-order valence-corrected chi connectivity index (χ3v) is 6.16. The maximum atomic E-state index is 13.6. The molecule has 2 aromatic carbocycles. The number of hydrogen-bond donors (Lipinski definition) is 0. The smallest absolute Gasteiger partial charge is 0.182 e. The van der Waals surface area contributed by atoms with E-state index in [1.807, 2.05) is 29.6 Å². The van der Waals surface area contributed by atoms with Gasteiger partial charge in [-0.3, -0.25) is 0 Å². The Balaban J connectivity index is 1.85. The summed E-state index contributed by atoms with van der Waals surface area (Å²) in [5.74, 6) is 0.540. The lowest BCUT2D eigenvalue weighted by molar-refractivity contribution is 0.416. The molecule has 160 valence electrons. The normalized spacial score (nSPS) is 11.6. The van der Waals surface area contributed by atoms with Crippen LogP contribution in [0.5, 0.6) is 5.75 Å². The maximum Gasteiger partial charge on any atom is 0.182 e. The zero-order valence-electron chi connectivity index (χ0n) is 17.0. The van der Waals surface area contributed by atoms with Crippen LogP contribution in [0.25, 0.3) is 27.8 Å². The Labute approximate surface area is 183 Å². The van der Waals surface area contributed by atoms with E-state index >= 15 is 0 Å². The fourth-order valence-corrected chi connectivity index (χ4v) is 4.58. The molecule has 0 radical (unpaired) electrons. The molecule has 10 heteroatoms. The van der Waals surface area contributed by atoms with Crippen LogP contribution in [0.3, 0.4) is 0 Å². The van der Waals surface area contributed by atoms with E-state index in [2.05, 4.69) is 10.1 Å². The minimum atomic E-state index is -3.34. The molecule has 0 aliphatic rings. The minimum absolute atomic E-state index is 0.146. The third-order valence-electron chi connectivity index (χ3n) is 4.50. The van der Waals surface area contributed by atoms with Gasteiger partial charge < -0.3 is 4.74 Å². The lowest BCUT2D eigenvalue weighted by Gasteiger charge is -2.08. The quantitative estimate of drug-likeness (QED) is 0.433. The molecule has 0 spiro atoms. The van der Waals surface area contributed by atoms with E-state index in [9.17, 15) is 12.8 Å². The maximum absolute atomic E-state index is 13.6. The first kappa shape index (κ1) is 21.1. The second-order valence-corrected chi connectivity index (χ2v) is 10.0. The first-order valence-corrected chi connectivity index (χ1v) is 12.2. The molecule has 0 saturated heterocycles. The lowest BCUT2D eigenvalue weighted by Crippen LogP contribution is -2.05. The number of benzene rings is 2. The SMILES string of the molecule is COc1ccccc1-c1nc(-c2nc(CS(C)(=O)=O)nn2-c2ccc(F)cc2C)cs1. The predicted octanol–water partition coefficient (Wildman–Crippen LogP) is 4.06. The van der Waals surface area contributed by atoms with Crippen molar-refractivity contribution in [3.8, 4) is 33.5 Å². The number of rotatable bonds is 6. The van der Waals surface area contributed by atoms with Crippen LogP contribution in [0, 0.1) is 12.7 Å². The van der Waals surface area contributed by atoms with Gasteiger partial charge in [0, 0.05) is 11.6 Å². The van der Waals surface area contributed by atoms with E-state index in [0.29, 0.717) is 28.5 Å². The van der Waals surface area contributed by atoms with E-state index in [1.54, 1.807) is 20.1 Å². The molecule has 0 aliphatic heterocycles. The number of aryl methyl sites for hydroxylation is 1. The number of para-hydroxylation sites is 1. The number of thiazole rings is 1. The van der Waals surface area contributed by atoms with Crippen molar-refractivity contribution in [3.05, 3.63) is 65.0 Å². The van der Waals surface area contributed by atoms with Gasteiger partial charge in [-0.25, -0.2) is 27.5 Å². The number of hydrogen-bond acceptors (Lipinski definition) is 7. The fraction of sp³-hybridized carbons (Fsp3) is 0.190. The van der Waals surface area contributed by atoms with E-state index in [1.165, 1.54) is 28.2 Å². The van der Waals surface area contributed by atoms with Crippen LogP contribution in [0.2, 0.25) is 0 Å². The summed E-state index contributed by atoms with van der Waals surface area (Å²) in [5, 5.41) is 6.94. The van der Waals surface area contributed by atoms with Crippen LogP contribution in [0.4, 0.5) is 4.39 Å². The van der Waals surface area contributed by atoms with Gasteiger partial charge in [0.25, 0.3) is 0 Å². The number of halogens is 1. The summed E-state index contributed by atoms with van der Waals surface area (Å²) in [6.07, 6.45) is 1.12. The Kier molecular flexibility index (Phi) is 5.59. The molecule has 0 fully saturated rings. The highest BCUT2D eigenvalue weighted by Gasteiger charge is 2.21. The highest BCUT2D eigenvalue weighted by atomic mass is 32.2. The Morgan fingerprint density at radius 2 is 1.94 bits per heavy atom. The van der Waals surface area contributed by atoms with Crippen molar-refractivity contribution in [1.82, 2.24) is 19.7 Å². The zero-order chi connectivity index (χ0) is 22.2. The first-order valence-electron chi connectivity index (χ1n) is 9.24. The monoisotopic (exact) mass is 458 g/mol. The number of methoxy groups -OCH3 is 1. The molecule has 31 heavy (non-hydrogen) atoms. The first-order chi connectivity index (χ1) is 14.7. The Morgan fingerprint density at radius 1 is 1.16 bits per heavy atom. The molecule has 0 atom stereocenters. The van der Waals surface area contributed by atoms with Crippen LogP contribution >= 0.6 is 11.3 Å². The summed E-state index contributed by atoms with van der Waals surface area (Å²) in [4.78, 5) is 9.14. The van der Waals surface area contributed by atoms with Crippen LogP contribution in [-0.4, -0.2) is 41.5 Å². The molecule has 0 aliphatic carbocycles. The number of nitrogens with zero attached hydrogens (tertiary/aromatic N) is 4. The van der Waals surface area contributed by atoms with Gasteiger partial charge in [-0.05, 0) is 42.8 Å². The molecular weight excluding hydrogens is 439 g/mol. The summed E-state index contributed by atoms with van der Waals surface area (Å²) in [6.45, 7) is 1.75. The van der Waals surface area contributed by atoms with Gasteiger partial charge in [-0.15, -0.1) is 16.4 Å². The van der Waals surface area contributed by atoms with Gasteiger partial charge in [0.2, 0.25) is 0 Å². The highest BCUT2D eigenvalue weighted by Crippen LogP contribution is 2.34. The number of sulfone groups is 1. The second kappa shape index (κ2) is 8.20. The van der Waals surface area contributed by atoms with Gasteiger partial charge in [0.1, 0.15) is 28.0 Å². The fourth-order valence-electron chi connectivity index (χ4n) is 3.16. The molecule has 0 saturated carbocycles. The molecule has 2 aromatic heterocycles. The summed E-state index contributed by atoms with van der Waals surface area (Å²) in [5.41, 5.74) is 2.59. The van der Waals surface area contributed by atoms with Crippen molar-refractivity contribution < 1.29 is 17.5 Å². The van der Waals surface area contributed by atoms with Crippen LogP contribution in [-0.2, 0) is 15.6 Å². The molecule has 2 heterocycles. The summed E-state index contributed by atoms with van der Waals surface area (Å²) < 4.78 is 44.2. The van der Waals surface area contributed by atoms with E-state index < -0.39 is 9.84 Å².